The highest BCUT2D eigenvalue weighted by Gasteiger charge is 2.50. The number of hydrogen-bond donors (Lipinski definition) is 1. The van der Waals surface area contributed by atoms with Gasteiger partial charge in [-0.25, -0.2) is 5.01 Å². The van der Waals surface area contributed by atoms with E-state index in [-0.39, 0.29) is 11.8 Å². The average molecular weight is 385 g/mol. The second-order valence-electron chi connectivity index (χ2n) is 7.35. The predicted molar refractivity (Wildman–Crippen MR) is 101 cm³/mol. The number of benzene rings is 2. The maximum Gasteiger partial charge on any atom is 0.387 e. The molecule has 146 valence electrons. The molecule has 3 aliphatic heterocycles. The summed E-state index contributed by atoms with van der Waals surface area (Å²) in [6, 6.07) is 15.0. The van der Waals surface area contributed by atoms with E-state index in [9.17, 15) is 8.78 Å². The molecule has 2 aromatic carbocycles. The summed E-state index contributed by atoms with van der Waals surface area (Å²) < 4.78 is 35.7. The molecule has 0 amide bonds. The second kappa shape index (κ2) is 6.74. The number of rotatable bonds is 3. The molecular formula is C21H21F2N3O2. The zero-order chi connectivity index (χ0) is 19.1. The summed E-state index contributed by atoms with van der Waals surface area (Å²) in [5, 5.41) is 10.5. The molecule has 3 heterocycles. The Morgan fingerprint density at radius 2 is 1.86 bits per heavy atom. The van der Waals surface area contributed by atoms with Crippen molar-refractivity contribution in [1.82, 2.24) is 10.3 Å². The number of piperidine rings is 1. The first-order valence-corrected chi connectivity index (χ1v) is 9.55. The number of nitrogens with zero attached hydrogens (tertiary/aromatic N) is 2. The third kappa shape index (κ3) is 2.90. The number of hydrazone groups is 1. The fraction of sp³-hybridized carbons (Fsp3) is 0.381. The van der Waals surface area contributed by atoms with Gasteiger partial charge in [-0.05, 0) is 35.9 Å². The van der Waals surface area contributed by atoms with Crippen molar-refractivity contribution in [3.63, 3.8) is 0 Å². The van der Waals surface area contributed by atoms with Crippen molar-refractivity contribution >= 4 is 5.71 Å². The molecule has 1 spiro atoms. The molecule has 3 aliphatic rings. The van der Waals surface area contributed by atoms with Crippen LogP contribution in [-0.2, 0) is 0 Å². The van der Waals surface area contributed by atoms with Crippen LogP contribution in [0.25, 0.3) is 0 Å². The van der Waals surface area contributed by atoms with Gasteiger partial charge in [0, 0.05) is 37.9 Å². The van der Waals surface area contributed by atoms with Crippen LogP contribution in [0.3, 0.4) is 0 Å². The summed E-state index contributed by atoms with van der Waals surface area (Å²) in [4.78, 5) is 0. The molecule has 0 aromatic heterocycles. The Kier molecular flexibility index (Phi) is 4.19. The van der Waals surface area contributed by atoms with E-state index in [1.165, 1.54) is 0 Å². The quantitative estimate of drug-likeness (QED) is 0.870. The summed E-state index contributed by atoms with van der Waals surface area (Å²) in [7, 11) is 0. The van der Waals surface area contributed by atoms with Gasteiger partial charge in [-0.3, -0.25) is 0 Å². The van der Waals surface area contributed by atoms with Crippen LogP contribution in [0.4, 0.5) is 8.78 Å². The van der Waals surface area contributed by atoms with E-state index in [1.54, 1.807) is 24.3 Å². The number of alkyl halides is 2. The van der Waals surface area contributed by atoms with E-state index in [0.717, 1.165) is 54.9 Å². The van der Waals surface area contributed by atoms with Crippen molar-refractivity contribution < 1.29 is 18.3 Å². The fourth-order valence-corrected chi connectivity index (χ4v) is 4.38. The van der Waals surface area contributed by atoms with Gasteiger partial charge in [0.15, 0.2) is 0 Å². The van der Waals surface area contributed by atoms with Gasteiger partial charge >= 0.3 is 6.61 Å². The van der Waals surface area contributed by atoms with Gasteiger partial charge in [0.25, 0.3) is 0 Å². The molecule has 28 heavy (non-hydrogen) atoms. The normalized spacial score (nSPS) is 22.5. The molecule has 0 bridgehead atoms. The molecule has 5 nitrogen and oxygen atoms in total. The summed E-state index contributed by atoms with van der Waals surface area (Å²) in [5.41, 5.74) is 2.55. The van der Waals surface area contributed by atoms with Gasteiger partial charge in [0.05, 0.1) is 11.8 Å². The molecule has 7 heteroatoms. The van der Waals surface area contributed by atoms with Crippen molar-refractivity contribution in [2.24, 2.45) is 5.10 Å². The van der Waals surface area contributed by atoms with Crippen LogP contribution >= 0.6 is 0 Å². The Bertz CT molecular complexity index is 895. The first-order valence-electron chi connectivity index (χ1n) is 9.55. The molecule has 0 radical (unpaired) electrons. The van der Waals surface area contributed by atoms with Crippen LogP contribution in [0.2, 0.25) is 0 Å². The number of nitrogens with one attached hydrogen (secondary N) is 1. The zero-order valence-corrected chi connectivity index (χ0v) is 15.3. The van der Waals surface area contributed by atoms with Crippen LogP contribution in [-0.4, -0.2) is 36.1 Å². The highest BCUT2D eigenvalue weighted by atomic mass is 19.3. The molecule has 0 unspecified atom stereocenters. The van der Waals surface area contributed by atoms with Crippen LogP contribution in [0, 0.1) is 0 Å². The van der Waals surface area contributed by atoms with E-state index < -0.39 is 12.3 Å². The fourth-order valence-electron chi connectivity index (χ4n) is 4.38. The van der Waals surface area contributed by atoms with Gasteiger partial charge in [-0.15, -0.1) is 0 Å². The van der Waals surface area contributed by atoms with Gasteiger partial charge in [0.1, 0.15) is 11.5 Å². The topological polar surface area (TPSA) is 46.1 Å². The van der Waals surface area contributed by atoms with E-state index >= 15 is 0 Å². The molecule has 1 atom stereocenters. The first kappa shape index (κ1) is 17.4. The third-order valence-corrected chi connectivity index (χ3v) is 5.70. The lowest BCUT2D eigenvalue weighted by molar-refractivity contribution is -0.136. The summed E-state index contributed by atoms with van der Waals surface area (Å²) >= 11 is 0. The lowest BCUT2D eigenvalue weighted by atomic mass is 9.91. The van der Waals surface area contributed by atoms with Crippen molar-refractivity contribution in [3.8, 4) is 11.5 Å². The molecule has 0 aliphatic carbocycles. The Hall–Kier alpha value is -2.67. The number of hydrogen-bond acceptors (Lipinski definition) is 5. The van der Waals surface area contributed by atoms with Crippen LogP contribution in [0.15, 0.2) is 53.6 Å². The Morgan fingerprint density at radius 3 is 2.61 bits per heavy atom. The molecular weight excluding hydrogens is 364 g/mol. The lowest BCUT2D eigenvalue weighted by Crippen LogP contribution is -2.58. The van der Waals surface area contributed by atoms with E-state index in [4.69, 9.17) is 9.84 Å². The molecule has 1 N–H and O–H groups in total. The Labute approximate surface area is 161 Å². The smallest absolute Gasteiger partial charge is 0.387 e. The van der Waals surface area contributed by atoms with E-state index in [2.05, 4.69) is 21.1 Å². The zero-order valence-electron chi connectivity index (χ0n) is 15.3. The van der Waals surface area contributed by atoms with Gasteiger partial charge < -0.3 is 14.8 Å². The summed E-state index contributed by atoms with van der Waals surface area (Å²) in [6.07, 6.45) is 2.47. The van der Waals surface area contributed by atoms with Crippen LogP contribution in [0.5, 0.6) is 11.5 Å². The minimum absolute atomic E-state index is 0.120. The first-order chi connectivity index (χ1) is 13.6. The minimum atomic E-state index is -2.82. The average Bonchev–Trinajstić information content (AvgIpc) is 3.16. The van der Waals surface area contributed by atoms with Crippen molar-refractivity contribution in [1.29, 1.82) is 0 Å². The molecule has 1 saturated heterocycles. The number of para-hydroxylation sites is 1. The minimum Gasteiger partial charge on any atom is -0.466 e. The summed E-state index contributed by atoms with van der Waals surface area (Å²) in [5.74, 6) is 1.08. The van der Waals surface area contributed by atoms with Gasteiger partial charge in [-0.1, -0.05) is 18.2 Å². The van der Waals surface area contributed by atoms with Gasteiger partial charge in [0.2, 0.25) is 5.72 Å². The Balaban J connectivity index is 1.49. The molecule has 1 fully saturated rings. The maximum atomic E-state index is 12.4. The monoisotopic (exact) mass is 385 g/mol. The lowest BCUT2D eigenvalue weighted by Gasteiger charge is -2.49. The third-order valence-electron chi connectivity index (χ3n) is 5.70. The highest BCUT2D eigenvalue weighted by Crippen LogP contribution is 2.49. The Morgan fingerprint density at radius 1 is 1.11 bits per heavy atom. The number of ether oxygens (including phenoxy) is 2. The molecule has 2 aromatic rings. The van der Waals surface area contributed by atoms with E-state index in [0.29, 0.717) is 0 Å². The standard InChI is InChI=1S/C21H21F2N3O2/c22-20(23)27-15-7-5-14(6-8-15)17-13-18-16-3-1-2-4-19(16)28-21(26(18)25-17)9-11-24-12-10-21/h1-8,18,20,24H,9-13H2/t18-/m0/s1. The van der Waals surface area contributed by atoms with Crippen LogP contribution in [0.1, 0.15) is 36.4 Å². The molecule has 5 rings (SSSR count). The van der Waals surface area contributed by atoms with Gasteiger partial charge in [-0.2, -0.15) is 13.9 Å². The van der Waals surface area contributed by atoms with Crippen molar-refractivity contribution in [2.75, 3.05) is 13.1 Å². The maximum absolute atomic E-state index is 12.4. The highest BCUT2D eigenvalue weighted by molar-refractivity contribution is 6.02. The SMILES string of the molecule is FC(F)Oc1ccc(C2=NN3[C@@H](C2)c2ccccc2OC32CCNCC2)cc1. The summed E-state index contributed by atoms with van der Waals surface area (Å²) in [6.45, 7) is -1.05. The van der Waals surface area contributed by atoms with Crippen LogP contribution < -0.4 is 14.8 Å². The second-order valence-corrected chi connectivity index (χ2v) is 7.35. The largest absolute Gasteiger partial charge is 0.466 e. The number of fused-ring (bicyclic) bond motifs is 4. The molecule has 0 saturated carbocycles. The predicted octanol–water partition coefficient (Wildman–Crippen LogP) is 3.91. The number of halogens is 2. The van der Waals surface area contributed by atoms with Crippen molar-refractivity contribution in [3.05, 3.63) is 59.7 Å². The van der Waals surface area contributed by atoms with E-state index in [1.807, 2.05) is 18.2 Å². The van der Waals surface area contributed by atoms with Crippen molar-refractivity contribution in [2.45, 2.75) is 37.6 Å².